The summed E-state index contributed by atoms with van der Waals surface area (Å²) in [6, 6.07) is 9.14. The molecule has 0 spiro atoms. The van der Waals surface area contributed by atoms with Gasteiger partial charge in [-0.15, -0.1) is 0 Å². The number of halogens is 2. The van der Waals surface area contributed by atoms with Crippen molar-refractivity contribution in [3.05, 3.63) is 52.0 Å². The van der Waals surface area contributed by atoms with Crippen LogP contribution in [0.2, 0.25) is 10.0 Å². The highest BCUT2D eigenvalue weighted by Gasteiger charge is 2.23. The Morgan fingerprint density at radius 3 is 2.46 bits per heavy atom. The van der Waals surface area contributed by atoms with Crippen LogP contribution in [-0.2, 0) is 21.4 Å². The van der Waals surface area contributed by atoms with E-state index in [0.717, 1.165) is 0 Å². The molecule has 6 nitrogen and oxygen atoms in total. The minimum absolute atomic E-state index is 0.0228. The molecule has 1 N–H and O–H groups in total. The number of hydrogen-bond donors (Lipinski definition) is 1. The molecule has 0 radical (unpaired) electrons. The molecule has 0 saturated carbocycles. The lowest BCUT2D eigenvalue weighted by molar-refractivity contribution is -0.114. The first-order valence-corrected chi connectivity index (χ1v) is 9.70. The number of amides is 1. The van der Waals surface area contributed by atoms with Crippen molar-refractivity contribution in [3.8, 4) is 5.75 Å². The van der Waals surface area contributed by atoms with E-state index in [1.807, 2.05) is 0 Å². The summed E-state index contributed by atoms with van der Waals surface area (Å²) in [5.74, 6) is 0.0293. The molecule has 0 bridgehead atoms. The van der Waals surface area contributed by atoms with Gasteiger partial charge < -0.3 is 10.1 Å². The van der Waals surface area contributed by atoms with Gasteiger partial charge in [0.25, 0.3) is 0 Å². The average molecular weight is 417 g/mol. The first-order valence-electron chi connectivity index (χ1n) is 7.51. The Labute approximate surface area is 162 Å². The van der Waals surface area contributed by atoms with Crippen molar-refractivity contribution >= 4 is 44.8 Å². The van der Waals surface area contributed by atoms with Gasteiger partial charge in [0.2, 0.25) is 15.9 Å². The second-order valence-corrected chi connectivity index (χ2v) is 8.43. The van der Waals surface area contributed by atoms with Gasteiger partial charge in [-0.3, -0.25) is 4.79 Å². The number of sulfonamides is 1. The highest BCUT2D eigenvalue weighted by molar-refractivity contribution is 7.89. The smallest absolute Gasteiger partial charge is 0.243 e. The summed E-state index contributed by atoms with van der Waals surface area (Å²) < 4.78 is 32.0. The van der Waals surface area contributed by atoms with Crippen LogP contribution in [0.1, 0.15) is 12.5 Å². The van der Waals surface area contributed by atoms with Crippen LogP contribution in [0.25, 0.3) is 0 Å². The summed E-state index contributed by atoms with van der Waals surface area (Å²) >= 11 is 12.0. The van der Waals surface area contributed by atoms with Crippen molar-refractivity contribution in [2.45, 2.75) is 18.4 Å². The van der Waals surface area contributed by atoms with Crippen molar-refractivity contribution in [2.75, 3.05) is 19.5 Å². The van der Waals surface area contributed by atoms with Gasteiger partial charge in [0.15, 0.2) is 0 Å². The Bertz CT molecular complexity index is 932. The molecule has 26 heavy (non-hydrogen) atoms. The number of nitrogens with zero attached hydrogens (tertiary/aromatic N) is 1. The third-order valence-corrected chi connectivity index (χ3v) is 5.98. The number of benzene rings is 2. The molecule has 0 aromatic heterocycles. The fourth-order valence-electron chi connectivity index (χ4n) is 2.29. The Balaban J connectivity index is 2.34. The summed E-state index contributed by atoms with van der Waals surface area (Å²) in [4.78, 5) is 11.4. The number of ether oxygens (including phenoxy) is 1. The molecular formula is C17H18Cl2N2O4S. The van der Waals surface area contributed by atoms with Crippen LogP contribution in [0.4, 0.5) is 5.69 Å². The van der Waals surface area contributed by atoms with Crippen molar-refractivity contribution in [3.63, 3.8) is 0 Å². The predicted octanol–water partition coefficient (Wildman–Crippen LogP) is 3.78. The standard InChI is InChI=1S/C17H18Cl2N2O4S/c1-11(22)20-16-9-14(6-7-17(16)25-3)26(23,24)21(2)10-12-4-5-13(18)8-15(12)19/h4-9H,10H2,1-3H3,(H,20,22). The first-order chi connectivity index (χ1) is 12.1. The monoisotopic (exact) mass is 416 g/mol. The van der Waals surface area contributed by atoms with Gasteiger partial charge in [-0.2, -0.15) is 4.31 Å². The van der Waals surface area contributed by atoms with Gasteiger partial charge in [-0.25, -0.2) is 8.42 Å². The van der Waals surface area contributed by atoms with Crippen LogP contribution in [0.15, 0.2) is 41.3 Å². The number of rotatable bonds is 6. The molecule has 2 aromatic rings. The van der Waals surface area contributed by atoms with Crippen molar-refractivity contribution in [1.29, 1.82) is 0 Å². The van der Waals surface area contributed by atoms with E-state index in [4.69, 9.17) is 27.9 Å². The average Bonchev–Trinajstić information content (AvgIpc) is 2.56. The van der Waals surface area contributed by atoms with Crippen molar-refractivity contribution in [1.82, 2.24) is 4.31 Å². The second-order valence-electron chi connectivity index (χ2n) is 5.54. The van der Waals surface area contributed by atoms with E-state index in [1.54, 1.807) is 18.2 Å². The highest BCUT2D eigenvalue weighted by atomic mass is 35.5. The predicted molar refractivity (Wildman–Crippen MR) is 102 cm³/mol. The molecule has 1 amide bonds. The molecule has 9 heteroatoms. The van der Waals surface area contributed by atoms with Crippen LogP contribution in [0.5, 0.6) is 5.75 Å². The zero-order chi connectivity index (χ0) is 19.5. The number of nitrogens with one attached hydrogen (secondary N) is 1. The summed E-state index contributed by atoms with van der Waals surface area (Å²) in [6.07, 6.45) is 0. The number of hydrogen-bond acceptors (Lipinski definition) is 4. The number of carbonyl (C=O) groups is 1. The second kappa shape index (κ2) is 8.26. The van der Waals surface area contributed by atoms with Crippen LogP contribution in [0.3, 0.4) is 0 Å². The molecule has 0 fully saturated rings. The Morgan fingerprint density at radius 2 is 1.88 bits per heavy atom. The molecule has 0 aliphatic heterocycles. The van der Waals surface area contributed by atoms with E-state index in [9.17, 15) is 13.2 Å². The Morgan fingerprint density at radius 1 is 1.19 bits per heavy atom. The van der Waals surface area contributed by atoms with Crippen LogP contribution >= 0.6 is 23.2 Å². The molecule has 2 aromatic carbocycles. The van der Waals surface area contributed by atoms with Crippen LogP contribution < -0.4 is 10.1 Å². The van der Waals surface area contributed by atoms with E-state index in [1.165, 1.54) is 43.6 Å². The normalized spacial score (nSPS) is 11.5. The summed E-state index contributed by atoms with van der Waals surface area (Å²) in [5, 5.41) is 3.41. The summed E-state index contributed by atoms with van der Waals surface area (Å²) in [7, 11) is -0.931. The summed E-state index contributed by atoms with van der Waals surface area (Å²) in [6.45, 7) is 1.40. The van der Waals surface area contributed by atoms with E-state index < -0.39 is 10.0 Å². The number of anilines is 1. The topological polar surface area (TPSA) is 75.7 Å². The van der Waals surface area contributed by atoms with Gasteiger partial charge >= 0.3 is 0 Å². The van der Waals surface area contributed by atoms with Crippen molar-refractivity contribution < 1.29 is 17.9 Å². The molecule has 140 valence electrons. The molecule has 0 saturated heterocycles. The Hall–Kier alpha value is -1.80. The maximum absolute atomic E-state index is 12.9. The lowest BCUT2D eigenvalue weighted by Gasteiger charge is -2.19. The van der Waals surface area contributed by atoms with E-state index in [2.05, 4.69) is 5.32 Å². The largest absolute Gasteiger partial charge is 0.495 e. The maximum atomic E-state index is 12.9. The first kappa shape index (κ1) is 20.5. The van der Waals surface area contributed by atoms with Crippen molar-refractivity contribution in [2.24, 2.45) is 0 Å². The zero-order valence-electron chi connectivity index (χ0n) is 14.4. The minimum Gasteiger partial charge on any atom is -0.495 e. The fraction of sp³-hybridized carbons (Fsp3) is 0.235. The fourth-order valence-corrected chi connectivity index (χ4v) is 3.93. The molecule has 2 rings (SSSR count). The van der Waals surface area contributed by atoms with Gasteiger partial charge in [-0.1, -0.05) is 29.3 Å². The van der Waals surface area contributed by atoms with Crippen LogP contribution in [-0.4, -0.2) is 32.8 Å². The maximum Gasteiger partial charge on any atom is 0.243 e. The zero-order valence-corrected chi connectivity index (χ0v) is 16.7. The lowest BCUT2D eigenvalue weighted by Crippen LogP contribution is -2.26. The molecule has 0 aliphatic carbocycles. The molecule has 0 heterocycles. The molecular weight excluding hydrogens is 399 g/mol. The lowest BCUT2D eigenvalue weighted by atomic mass is 10.2. The van der Waals surface area contributed by atoms with E-state index in [-0.39, 0.29) is 23.0 Å². The SMILES string of the molecule is COc1ccc(S(=O)(=O)N(C)Cc2ccc(Cl)cc2Cl)cc1NC(C)=O. The number of methoxy groups -OCH3 is 1. The number of carbonyl (C=O) groups excluding carboxylic acids is 1. The third-order valence-electron chi connectivity index (χ3n) is 3.60. The van der Waals surface area contributed by atoms with E-state index >= 15 is 0 Å². The van der Waals surface area contributed by atoms with Gasteiger partial charge in [-0.05, 0) is 35.9 Å². The molecule has 0 atom stereocenters. The van der Waals surface area contributed by atoms with E-state index in [0.29, 0.717) is 21.4 Å². The van der Waals surface area contributed by atoms with Crippen LogP contribution in [0, 0.1) is 0 Å². The molecule has 0 aliphatic rings. The Kier molecular flexibility index (Phi) is 6.52. The highest BCUT2D eigenvalue weighted by Crippen LogP contribution is 2.30. The molecule has 0 unspecified atom stereocenters. The summed E-state index contributed by atoms with van der Waals surface area (Å²) in [5.41, 5.74) is 0.900. The van der Waals surface area contributed by atoms with Gasteiger partial charge in [0.05, 0.1) is 17.7 Å². The third kappa shape index (κ3) is 4.67. The minimum atomic E-state index is -3.81. The quantitative estimate of drug-likeness (QED) is 0.776. The van der Waals surface area contributed by atoms with Gasteiger partial charge in [0, 0.05) is 30.6 Å². The van der Waals surface area contributed by atoms with Gasteiger partial charge in [0.1, 0.15) is 5.75 Å².